The van der Waals surface area contributed by atoms with Crippen molar-refractivity contribution < 1.29 is 4.79 Å². The fourth-order valence-electron chi connectivity index (χ4n) is 0.853. The molecule has 0 N–H and O–H groups in total. The van der Waals surface area contributed by atoms with E-state index in [1.807, 2.05) is 6.07 Å². The van der Waals surface area contributed by atoms with Gasteiger partial charge in [-0.15, -0.1) is 23.2 Å². The van der Waals surface area contributed by atoms with Crippen LogP contribution in [0.3, 0.4) is 0 Å². The second-order valence-electron chi connectivity index (χ2n) is 2.35. The number of hydrogen-bond donors (Lipinski definition) is 0. The van der Waals surface area contributed by atoms with E-state index in [-0.39, 0.29) is 11.7 Å². The molecule has 0 spiro atoms. The maximum Gasteiger partial charge on any atom is 0.181 e. The molecule has 0 aliphatic carbocycles. The second-order valence-corrected chi connectivity index (χ2v) is 3.19. The summed E-state index contributed by atoms with van der Waals surface area (Å²) < 4.78 is 0. The topological polar surface area (TPSA) is 17.1 Å². The van der Waals surface area contributed by atoms with Crippen molar-refractivity contribution in [3.8, 4) is 0 Å². The van der Waals surface area contributed by atoms with Crippen molar-refractivity contribution in [3.63, 3.8) is 0 Å². The van der Waals surface area contributed by atoms with Crippen LogP contribution in [0.5, 0.6) is 0 Å². The van der Waals surface area contributed by atoms with Gasteiger partial charge in [-0.25, -0.2) is 0 Å². The zero-order valence-electron chi connectivity index (χ0n) is 6.34. The van der Waals surface area contributed by atoms with Crippen LogP contribution in [0.15, 0.2) is 30.3 Å². The Morgan fingerprint density at radius 1 is 1.33 bits per heavy atom. The number of carbonyl (C=O) groups is 1. The number of benzene rings is 1. The first-order valence-electron chi connectivity index (χ1n) is 3.55. The van der Waals surface area contributed by atoms with Gasteiger partial charge in [-0.1, -0.05) is 30.3 Å². The van der Waals surface area contributed by atoms with E-state index in [4.69, 9.17) is 23.2 Å². The second kappa shape index (κ2) is 4.48. The Morgan fingerprint density at radius 3 is 2.42 bits per heavy atom. The predicted molar refractivity (Wildman–Crippen MR) is 51.1 cm³/mol. The molecule has 64 valence electrons. The molecule has 0 saturated heterocycles. The summed E-state index contributed by atoms with van der Waals surface area (Å²) in [5, 5.41) is -0.617. The lowest BCUT2D eigenvalue weighted by Crippen LogP contribution is -2.15. The normalized spacial score (nSPS) is 12.5. The number of carbonyl (C=O) groups excluding carboxylic acids is 1. The Bertz CT molecular complexity index is 258. The van der Waals surface area contributed by atoms with Gasteiger partial charge in [-0.05, 0) is 0 Å². The summed E-state index contributed by atoms with van der Waals surface area (Å²) >= 11 is 11.1. The Morgan fingerprint density at radius 2 is 1.92 bits per heavy atom. The van der Waals surface area contributed by atoms with Gasteiger partial charge in [0.05, 0.1) is 0 Å². The lowest BCUT2D eigenvalue weighted by molar-refractivity contribution is 0.0993. The first-order valence-corrected chi connectivity index (χ1v) is 4.52. The highest BCUT2D eigenvalue weighted by molar-refractivity contribution is 6.38. The summed E-state index contributed by atoms with van der Waals surface area (Å²) in [6.45, 7) is 0. The van der Waals surface area contributed by atoms with E-state index >= 15 is 0 Å². The average Bonchev–Trinajstić information content (AvgIpc) is 2.17. The SMILES string of the molecule is O=C(c1ccccc1)C(Cl)CCl. The van der Waals surface area contributed by atoms with Crippen LogP contribution < -0.4 is 0 Å². The lowest BCUT2D eigenvalue weighted by atomic mass is 10.1. The van der Waals surface area contributed by atoms with Crippen LogP contribution in [-0.2, 0) is 0 Å². The molecule has 0 heterocycles. The first-order chi connectivity index (χ1) is 5.75. The Kier molecular flexibility index (Phi) is 3.57. The molecule has 0 radical (unpaired) electrons. The number of halogens is 2. The molecule has 1 unspecified atom stereocenters. The van der Waals surface area contributed by atoms with Crippen molar-refractivity contribution in [2.45, 2.75) is 5.38 Å². The van der Waals surface area contributed by atoms with Gasteiger partial charge in [0, 0.05) is 11.4 Å². The lowest BCUT2D eigenvalue weighted by Gasteiger charge is -2.02. The van der Waals surface area contributed by atoms with Crippen LogP contribution >= 0.6 is 23.2 Å². The Balaban J connectivity index is 2.79. The van der Waals surface area contributed by atoms with E-state index in [2.05, 4.69) is 0 Å². The number of hydrogen-bond acceptors (Lipinski definition) is 1. The van der Waals surface area contributed by atoms with Gasteiger partial charge in [0.1, 0.15) is 5.38 Å². The van der Waals surface area contributed by atoms with Gasteiger partial charge in [0.25, 0.3) is 0 Å². The highest BCUT2D eigenvalue weighted by Crippen LogP contribution is 2.09. The van der Waals surface area contributed by atoms with Crippen LogP contribution in [0.4, 0.5) is 0 Å². The number of ketones is 1. The molecular weight excluding hydrogens is 195 g/mol. The van der Waals surface area contributed by atoms with Crippen LogP contribution in [-0.4, -0.2) is 17.0 Å². The fourth-order valence-corrected chi connectivity index (χ4v) is 1.12. The maximum absolute atomic E-state index is 11.4. The van der Waals surface area contributed by atoms with E-state index in [0.717, 1.165) is 0 Å². The van der Waals surface area contributed by atoms with Gasteiger partial charge < -0.3 is 0 Å². The summed E-state index contributed by atoms with van der Waals surface area (Å²) in [6, 6.07) is 8.89. The third-order valence-corrected chi connectivity index (χ3v) is 2.30. The zero-order valence-corrected chi connectivity index (χ0v) is 7.85. The van der Waals surface area contributed by atoms with Crippen molar-refractivity contribution in [2.75, 3.05) is 5.88 Å². The maximum atomic E-state index is 11.4. The van der Waals surface area contributed by atoms with Crippen molar-refractivity contribution in [3.05, 3.63) is 35.9 Å². The average molecular weight is 203 g/mol. The first kappa shape index (κ1) is 9.56. The molecule has 0 saturated carbocycles. The van der Waals surface area contributed by atoms with E-state index in [9.17, 15) is 4.79 Å². The van der Waals surface area contributed by atoms with Gasteiger partial charge in [0.2, 0.25) is 0 Å². The molecule has 0 bridgehead atoms. The largest absolute Gasteiger partial charge is 0.292 e. The van der Waals surface area contributed by atoms with Crippen molar-refractivity contribution in [1.82, 2.24) is 0 Å². The molecule has 0 aliphatic rings. The number of alkyl halides is 2. The fraction of sp³-hybridized carbons (Fsp3) is 0.222. The third kappa shape index (κ3) is 2.23. The monoisotopic (exact) mass is 202 g/mol. The number of Topliss-reactive ketones (excluding diaryl/α,β-unsaturated/α-hetero) is 1. The minimum atomic E-state index is -0.617. The highest BCUT2D eigenvalue weighted by Gasteiger charge is 2.14. The summed E-state index contributed by atoms with van der Waals surface area (Å²) in [5.41, 5.74) is 0.609. The molecule has 12 heavy (non-hydrogen) atoms. The molecule has 1 atom stereocenters. The summed E-state index contributed by atoms with van der Waals surface area (Å²) in [7, 11) is 0. The molecule has 1 aromatic carbocycles. The number of rotatable bonds is 3. The standard InChI is InChI=1S/C9H8Cl2O/c10-6-8(11)9(12)7-4-2-1-3-5-7/h1-5,8H,6H2. The summed E-state index contributed by atoms with van der Waals surface area (Å²) in [5.74, 6) is 0.0298. The van der Waals surface area contributed by atoms with Gasteiger partial charge in [0.15, 0.2) is 5.78 Å². The third-order valence-electron chi connectivity index (χ3n) is 1.48. The van der Waals surface area contributed by atoms with Gasteiger partial charge in [-0.2, -0.15) is 0 Å². The predicted octanol–water partition coefficient (Wildman–Crippen LogP) is 2.72. The zero-order chi connectivity index (χ0) is 8.97. The molecule has 0 aliphatic heterocycles. The van der Waals surface area contributed by atoms with Crippen LogP contribution in [0.25, 0.3) is 0 Å². The van der Waals surface area contributed by atoms with E-state index in [0.29, 0.717) is 5.56 Å². The van der Waals surface area contributed by atoms with Crippen LogP contribution in [0, 0.1) is 0 Å². The smallest absolute Gasteiger partial charge is 0.181 e. The van der Waals surface area contributed by atoms with Crippen molar-refractivity contribution in [2.24, 2.45) is 0 Å². The minimum absolute atomic E-state index is 0.118. The quantitative estimate of drug-likeness (QED) is 0.545. The molecule has 1 aromatic rings. The molecule has 3 heteroatoms. The Hall–Kier alpha value is -0.530. The van der Waals surface area contributed by atoms with Crippen molar-refractivity contribution >= 4 is 29.0 Å². The molecule has 1 nitrogen and oxygen atoms in total. The van der Waals surface area contributed by atoms with E-state index in [1.165, 1.54) is 0 Å². The summed E-state index contributed by atoms with van der Waals surface area (Å²) in [4.78, 5) is 11.4. The highest BCUT2D eigenvalue weighted by atomic mass is 35.5. The van der Waals surface area contributed by atoms with Gasteiger partial charge in [-0.3, -0.25) is 4.79 Å². The summed E-state index contributed by atoms with van der Waals surface area (Å²) in [6.07, 6.45) is 0. The molecular formula is C9H8Cl2O. The molecule has 0 amide bonds. The Labute approximate surface area is 81.3 Å². The molecule has 0 fully saturated rings. The van der Waals surface area contributed by atoms with Crippen molar-refractivity contribution in [1.29, 1.82) is 0 Å². The van der Waals surface area contributed by atoms with Crippen LogP contribution in [0.2, 0.25) is 0 Å². The molecule has 1 rings (SSSR count). The van der Waals surface area contributed by atoms with Gasteiger partial charge >= 0.3 is 0 Å². The minimum Gasteiger partial charge on any atom is -0.292 e. The van der Waals surface area contributed by atoms with E-state index < -0.39 is 5.38 Å². The molecule has 0 aromatic heterocycles. The van der Waals surface area contributed by atoms with Crippen LogP contribution in [0.1, 0.15) is 10.4 Å². The van der Waals surface area contributed by atoms with E-state index in [1.54, 1.807) is 24.3 Å².